The van der Waals surface area contributed by atoms with Crippen molar-refractivity contribution in [2.45, 2.75) is 64.6 Å². The Labute approximate surface area is 250 Å². The summed E-state index contributed by atoms with van der Waals surface area (Å²) in [6.45, 7) is 4.38. The van der Waals surface area contributed by atoms with Crippen LogP contribution in [0.1, 0.15) is 45.9 Å². The van der Waals surface area contributed by atoms with Crippen LogP contribution in [-0.2, 0) is 40.4 Å². The molecule has 0 bridgehead atoms. The monoisotopic (exact) mass is 608 g/mol. The number of imidazole rings is 1. The summed E-state index contributed by atoms with van der Waals surface area (Å²) in [7, 11) is 1.53. The molecule has 0 amide bonds. The number of aliphatic hydroxyl groups is 2. The van der Waals surface area contributed by atoms with Crippen molar-refractivity contribution in [2.24, 2.45) is 0 Å². The smallest absolute Gasteiger partial charge is 0.342 e. The molecule has 4 aromatic rings. The molecule has 2 aliphatic rings. The molecule has 1 aromatic carbocycles. The van der Waals surface area contributed by atoms with Gasteiger partial charge in [0.15, 0.2) is 17.7 Å². The zero-order valence-corrected chi connectivity index (χ0v) is 24.2. The number of nitrogen functional groups attached to an aromatic ring is 1. The number of methoxy groups -OCH3 is 1. The zero-order valence-electron chi connectivity index (χ0n) is 24.2. The molecular formula is C28H32N8O8. The largest absolute Gasteiger partial charge is 0.507 e. The SMILES string of the molecule is COc1c(C)c2c(c(O)c1C/C=C(\C)Cn1cc(COC[C@H]3O[C@@H](n4cnc5c(N)ncnc54)[C@H](O)[C@@H]3O)nn1)C(=O)OC2. The van der Waals surface area contributed by atoms with Gasteiger partial charge >= 0.3 is 5.97 Å². The molecule has 232 valence electrons. The van der Waals surface area contributed by atoms with Gasteiger partial charge in [-0.3, -0.25) is 4.57 Å². The Kier molecular flexibility index (Phi) is 7.89. The lowest BCUT2D eigenvalue weighted by atomic mass is 9.95. The number of carbonyl (C=O) groups is 1. The van der Waals surface area contributed by atoms with Gasteiger partial charge in [-0.05, 0) is 25.8 Å². The number of fused-ring (bicyclic) bond motifs is 2. The summed E-state index contributed by atoms with van der Waals surface area (Å²) >= 11 is 0. The molecule has 6 rings (SSSR count). The van der Waals surface area contributed by atoms with Crippen molar-refractivity contribution in [1.29, 1.82) is 0 Å². The number of hydrogen-bond donors (Lipinski definition) is 4. The van der Waals surface area contributed by atoms with E-state index in [9.17, 15) is 20.1 Å². The maximum atomic E-state index is 12.2. The van der Waals surface area contributed by atoms with Crippen molar-refractivity contribution in [3.8, 4) is 11.5 Å². The van der Waals surface area contributed by atoms with Gasteiger partial charge in [0, 0.05) is 11.1 Å². The number of esters is 1. The first-order chi connectivity index (χ1) is 21.2. The summed E-state index contributed by atoms with van der Waals surface area (Å²) in [6.07, 6.45) is 2.49. The van der Waals surface area contributed by atoms with E-state index in [4.69, 9.17) is 24.7 Å². The van der Waals surface area contributed by atoms with E-state index in [0.29, 0.717) is 46.7 Å². The number of phenolic OH excluding ortho intramolecular Hbond substituents is 1. The number of benzene rings is 1. The van der Waals surface area contributed by atoms with Gasteiger partial charge in [-0.15, -0.1) is 5.10 Å². The van der Waals surface area contributed by atoms with Crippen LogP contribution in [0.2, 0.25) is 0 Å². The molecule has 0 radical (unpaired) electrons. The van der Waals surface area contributed by atoms with E-state index in [1.807, 2.05) is 19.9 Å². The number of carbonyl (C=O) groups excluding carboxylic acids is 1. The minimum Gasteiger partial charge on any atom is -0.507 e. The second-order valence-corrected chi connectivity index (χ2v) is 10.7. The van der Waals surface area contributed by atoms with Gasteiger partial charge in [0.25, 0.3) is 0 Å². The van der Waals surface area contributed by atoms with Crippen molar-refractivity contribution >= 4 is 23.0 Å². The average molecular weight is 609 g/mol. The normalized spacial score (nSPS) is 21.7. The fraction of sp³-hybridized carbons (Fsp3) is 0.429. The highest BCUT2D eigenvalue weighted by molar-refractivity contribution is 5.98. The maximum Gasteiger partial charge on any atom is 0.342 e. The van der Waals surface area contributed by atoms with Crippen LogP contribution < -0.4 is 10.5 Å². The van der Waals surface area contributed by atoms with Crippen LogP contribution in [0.15, 0.2) is 30.5 Å². The van der Waals surface area contributed by atoms with Crippen molar-refractivity contribution in [1.82, 2.24) is 34.5 Å². The maximum absolute atomic E-state index is 12.2. The standard InChI is InChI=1S/C28H32N8O8/c1-13(4-5-16-21(37)19-17(9-43-28(19)40)14(2)24(16)41-3)6-35-7-15(33-34-35)8-42-10-18-22(38)23(39)27(44-18)36-12-32-20-25(29)30-11-31-26(20)36/h4,7,11-12,18,22-23,27,37-39H,5-6,8-10H2,1-3H3,(H2,29,30,31)/b13-4+/t18-,22-,23-,27-/m1/s1. The van der Waals surface area contributed by atoms with Crippen LogP contribution in [0, 0.1) is 6.92 Å². The second kappa shape index (κ2) is 11.8. The minimum atomic E-state index is -1.25. The lowest BCUT2D eigenvalue weighted by molar-refractivity contribution is -0.0686. The molecule has 2 aliphatic heterocycles. The van der Waals surface area contributed by atoms with Gasteiger partial charge in [-0.1, -0.05) is 16.9 Å². The molecule has 0 aliphatic carbocycles. The lowest BCUT2D eigenvalue weighted by Crippen LogP contribution is -2.33. The number of anilines is 1. The van der Waals surface area contributed by atoms with Crippen LogP contribution in [0.5, 0.6) is 11.5 Å². The summed E-state index contributed by atoms with van der Waals surface area (Å²) in [5, 5.41) is 40.3. The first kappa shape index (κ1) is 29.4. The van der Waals surface area contributed by atoms with Crippen molar-refractivity contribution < 1.29 is 39.1 Å². The van der Waals surface area contributed by atoms with Crippen molar-refractivity contribution in [3.05, 3.63) is 58.4 Å². The van der Waals surface area contributed by atoms with Gasteiger partial charge in [0.1, 0.15) is 59.5 Å². The number of aromatic nitrogens is 7. The van der Waals surface area contributed by atoms with Crippen LogP contribution in [-0.4, -0.2) is 87.8 Å². The third kappa shape index (κ3) is 5.21. The van der Waals surface area contributed by atoms with Gasteiger partial charge in [-0.25, -0.2) is 24.4 Å². The van der Waals surface area contributed by atoms with E-state index < -0.39 is 30.5 Å². The molecule has 4 atom stereocenters. The number of aliphatic hydroxyl groups excluding tert-OH is 2. The Balaban J connectivity index is 1.04. The molecule has 16 heteroatoms. The third-order valence-electron chi connectivity index (χ3n) is 7.83. The summed E-state index contributed by atoms with van der Waals surface area (Å²) < 4.78 is 25.4. The summed E-state index contributed by atoms with van der Waals surface area (Å²) in [6, 6.07) is 0. The molecule has 1 fully saturated rings. The Morgan fingerprint density at radius 1 is 1.25 bits per heavy atom. The van der Waals surface area contributed by atoms with E-state index in [0.717, 1.165) is 11.1 Å². The predicted octanol–water partition coefficient (Wildman–Crippen LogP) is 0.718. The molecule has 0 unspecified atom stereocenters. The van der Waals surface area contributed by atoms with Crippen LogP contribution >= 0.6 is 0 Å². The zero-order chi connectivity index (χ0) is 31.1. The fourth-order valence-corrected chi connectivity index (χ4v) is 5.54. The number of rotatable bonds is 10. The van der Waals surface area contributed by atoms with Crippen LogP contribution in [0.25, 0.3) is 11.2 Å². The number of nitrogens with two attached hydrogens (primary N) is 1. The van der Waals surface area contributed by atoms with E-state index in [1.54, 1.807) is 10.9 Å². The van der Waals surface area contributed by atoms with E-state index >= 15 is 0 Å². The molecule has 16 nitrogen and oxygen atoms in total. The lowest BCUT2D eigenvalue weighted by Gasteiger charge is -2.16. The second-order valence-electron chi connectivity index (χ2n) is 10.7. The fourth-order valence-electron chi connectivity index (χ4n) is 5.54. The molecule has 3 aromatic heterocycles. The molecular weight excluding hydrogens is 576 g/mol. The summed E-state index contributed by atoms with van der Waals surface area (Å²) in [5.74, 6) is 0.0554. The Morgan fingerprint density at radius 2 is 2.07 bits per heavy atom. The molecule has 5 N–H and O–H groups in total. The Hall–Kier alpha value is -4.64. The number of cyclic esters (lactones) is 1. The number of phenols is 1. The van der Waals surface area contributed by atoms with Gasteiger partial charge in [0.05, 0.1) is 39.4 Å². The van der Waals surface area contributed by atoms with E-state index in [1.165, 1.54) is 24.3 Å². The molecule has 5 heterocycles. The van der Waals surface area contributed by atoms with Gasteiger partial charge in [-0.2, -0.15) is 0 Å². The number of hydrogen-bond acceptors (Lipinski definition) is 14. The first-order valence-electron chi connectivity index (χ1n) is 13.8. The number of nitrogens with zero attached hydrogens (tertiary/aromatic N) is 7. The topological polar surface area (TPSA) is 215 Å². The summed E-state index contributed by atoms with van der Waals surface area (Å²) in [4.78, 5) is 24.4. The minimum absolute atomic E-state index is 0.0106. The molecule has 0 spiro atoms. The van der Waals surface area contributed by atoms with E-state index in [2.05, 4.69) is 25.3 Å². The highest BCUT2D eigenvalue weighted by Gasteiger charge is 2.44. The van der Waals surface area contributed by atoms with Crippen molar-refractivity contribution in [3.63, 3.8) is 0 Å². The quantitative estimate of drug-likeness (QED) is 0.144. The highest BCUT2D eigenvalue weighted by atomic mass is 16.6. The van der Waals surface area contributed by atoms with Gasteiger partial charge < -0.3 is 40.0 Å². The molecule has 1 saturated heterocycles. The number of ether oxygens (including phenoxy) is 4. The highest BCUT2D eigenvalue weighted by Crippen LogP contribution is 2.42. The summed E-state index contributed by atoms with van der Waals surface area (Å²) in [5.41, 5.74) is 10.2. The third-order valence-corrected chi connectivity index (χ3v) is 7.83. The molecule has 0 saturated carbocycles. The average Bonchev–Trinajstić information content (AvgIpc) is 3.78. The van der Waals surface area contributed by atoms with Crippen LogP contribution in [0.3, 0.4) is 0 Å². The van der Waals surface area contributed by atoms with E-state index in [-0.39, 0.29) is 37.0 Å². The number of allylic oxidation sites excluding steroid dienone is 2. The molecule has 44 heavy (non-hydrogen) atoms. The van der Waals surface area contributed by atoms with Gasteiger partial charge in [0.2, 0.25) is 0 Å². The van der Waals surface area contributed by atoms with Crippen LogP contribution in [0.4, 0.5) is 5.82 Å². The van der Waals surface area contributed by atoms with Crippen molar-refractivity contribution in [2.75, 3.05) is 19.5 Å². The Morgan fingerprint density at radius 3 is 2.86 bits per heavy atom. The Bertz CT molecular complexity index is 1750. The number of aromatic hydroxyl groups is 1. The predicted molar refractivity (Wildman–Crippen MR) is 151 cm³/mol. The first-order valence-corrected chi connectivity index (χ1v) is 13.8.